The lowest BCUT2D eigenvalue weighted by Gasteiger charge is -2.05. The summed E-state index contributed by atoms with van der Waals surface area (Å²) in [5, 5.41) is 13.7. The molecule has 0 spiro atoms. The average molecular weight is 261 g/mol. The van der Waals surface area contributed by atoms with Gasteiger partial charge in [0, 0.05) is 11.8 Å². The highest BCUT2D eigenvalue weighted by molar-refractivity contribution is 6.29. The van der Waals surface area contributed by atoms with Crippen molar-refractivity contribution in [3.05, 3.63) is 40.3 Å². The summed E-state index contributed by atoms with van der Waals surface area (Å²) in [7, 11) is 0. The van der Waals surface area contributed by atoms with E-state index in [1.807, 2.05) is 0 Å². The van der Waals surface area contributed by atoms with Crippen LogP contribution >= 0.6 is 11.6 Å². The second-order valence-corrected chi connectivity index (χ2v) is 4.28. The molecule has 0 fully saturated rings. The van der Waals surface area contributed by atoms with Crippen molar-refractivity contribution in [1.82, 2.24) is 14.8 Å². The first-order valence-electron chi connectivity index (χ1n) is 5.83. The predicted octanol–water partition coefficient (Wildman–Crippen LogP) is 2.92. The van der Waals surface area contributed by atoms with Crippen LogP contribution in [0.2, 0.25) is 5.15 Å². The Balaban J connectivity index is 2.57. The van der Waals surface area contributed by atoms with Gasteiger partial charge in [-0.1, -0.05) is 25.4 Å². The molecule has 0 atom stereocenters. The van der Waals surface area contributed by atoms with Crippen LogP contribution in [0.5, 0.6) is 0 Å². The maximum Gasteiger partial charge on any atom is 0.156 e. The second kappa shape index (κ2) is 5.19. The van der Waals surface area contributed by atoms with E-state index in [1.165, 1.54) is 0 Å². The van der Waals surface area contributed by atoms with Crippen molar-refractivity contribution >= 4 is 11.6 Å². The maximum atomic E-state index is 8.95. The zero-order valence-corrected chi connectivity index (χ0v) is 11.1. The molecule has 2 aromatic heterocycles. The van der Waals surface area contributed by atoms with Crippen molar-refractivity contribution in [3.8, 4) is 11.9 Å². The lowest BCUT2D eigenvalue weighted by atomic mass is 10.2. The van der Waals surface area contributed by atoms with Crippen LogP contribution in [0.3, 0.4) is 0 Å². The monoisotopic (exact) mass is 260 g/mol. The molecule has 4 nitrogen and oxygen atoms in total. The van der Waals surface area contributed by atoms with E-state index in [0.29, 0.717) is 16.5 Å². The highest BCUT2D eigenvalue weighted by Gasteiger charge is 2.10. The lowest BCUT2D eigenvalue weighted by molar-refractivity contribution is 0.772. The van der Waals surface area contributed by atoms with E-state index in [-0.39, 0.29) is 0 Å². The van der Waals surface area contributed by atoms with Crippen molar-refractivity contribution in [1.29, 1.82) is 5.26 Å². The van der Waals surface area contributed by atoms with E-state index < -0.39 is 0 Å². The minimum Gasteiger partial charge on any atom is -0.219 e. The Bertz CT molecular complexity index is 610. The third-order valence-electron chi connectivity index (χ3n) is 2.68. The molecule has 0 saturated heterocycles. The minimum atomic E-state index is 0.305. The second-order valence-electron chi connectivity index (χ2n) is 3.89. The van der Waals surface area contributed by atoms with Crippen molar-refractivity contribution in [2.45, 2.75) is 26.7 Å². The van der Waals surface area contributed by atoms with Gasteiger partial charge in [-0.15, -0.1) is 0 Å². The fraction of sp³-hybridized carbons (Fsp3) is 0.308. The van der Waals surface area contributed by atoms with Gasteiger partial charge in [-0.2, -0.15) is 10.4 Å². The van der Waals surface area contributed by atoms with E-state index in [1.54, 1.807) is 16.8 Å². The maximum absolute atomic E-state index is 8.95. The Kier molecular flexibility index (Phi) is 3.63. The number of hydrogen-bond donors (Lipinski definition) is 0. The van der Waals surface area contributed by atoms with Gasteiger partial charge in [-0.05, 0) is 25.0 Å². The van der Waals surface area contributed by atoms with Crippen LogP contribution in [0.15, 0.2) is 18.2 Å². The summed E-state index contributed by atoms with van der Waals surface area (Å²) < 4.78 is 1.76. The summed E-state index contributed by atoms with van der Waals surface area (Å²) >= 11 is 5.91. The Hall–Kier alpha value is -1.86. The molecule has 0 aliphatic heterocycles. The Morgan fingerprint density at radius 2 is 2.06 bits per heavy atom. The van der Waals surface area contributed by atoms with Gasteiger partial charge in [-0.3, -0.25) is 0 Å². The van der Waals surface area contributed by atoms with E-state index in [4.69, 9.17) is 16.9 Å². The van der Waals surface area contributed by atoms with Gasteiger partial charge in [0.2, 0.25) is 0 Å². The van der Waals surface area contributed by atoms with Gasteiger partial charge >= 0.3 is 0 Å². The number of hydrogen-bond acceptors (Lipinski definition) is 3. The molecule has 2 heterocycles. The number of pyridine rings is 1. The number of rotatable bonds is 3. The van der Waals surface area contributed by atoms with Gasteiger partial charge in [0.05, 0.1) is 17.3 Å². The highest BCUT2D eigenvalue weighted by atomic mass is 35.5. The van der Waals surface area contributed by atoms with Gasteiger partial charge < -0.3 is 0 Å². The highest BCUT2D eigenvalue weighted by Crippen LogP contribution is 2.16. The third kappa shape index (κ3) is 2.36. The van der Waals surface area contributed by atoms with E-state index in [9.17, 15) is 0 Å². The molecule has 92 valence electrons. The van der Waals surface area contributed by atoms with E-state index in [0.717, 1.165) is 24.2 Å². The number of nitrogens with zero attached hydrogens (tertiary/aromatic N) is 4. The van der Waals surface area contributed by atoms with Crippen LogP contribution in [-0.2, 0) is 12.8 Å². The summed E-state index contributed by atoms with van der Waals surface area (Å²) in [5.74, 6) is 0.593. The molecule has 0 unspecified atom stereocenters. The summed E-state index contributed by atoms with van der Waals surface area (Å²) in [6, 6.07) is 7.36. The van der Waals surface area contributed by atoms with E-state index >= 15 is 0 Å². The SMILES string of the molecule is CCc1cc(CC)n(-c2cc(C#N)cc(Cl)n2)n1. The summed E-state index contributed by atoms with van der Waals surface area (Å²) in [6.07, 6.45) is 1.72. The first-order valence-corrected chi connectivity index (χ1v) is 6.21. The Labute approximate surface area is 111 Å². The number of halogens is 1. The fourth-order valence-corrected chi connectivity index (χ4v) is 1.96. The van der Waals surface area contributed by atoms with Crippen molar-refractivity contribution in [2.24, 2.45) is 0 Å². The van der Waals surface area contributed by atoms with Crippen LogP contribution in [0.25, 0.3) is 5.82 Å². The minimum absolute atomic E-state index is 0.305. The van der Waals surface area contributed by atoms with E-state index in [2.05, 4.69) is 36.1 Å². The molecular formula is C13H13ClN4. The molecule has 2 rings (SSSR count). The van der Waals surface area contributed by atoms with Crippen molar-refractivity contribution in [3.63, 3.8) is 0 Å². The lowest BCUT2D eigenvalue weighted by Crippen LogP contribution is -2.04. The predicted molar refractivity (Wildman–Crippen MR) is 69.8 cm³/mol. The van der Waals surface area contributed by atoms with Gasteiger partial charge in [0.25, 0.3) is 0 Å². The normalized spacial score (nSPS) is 10.3. The quantitative estimate of drug-likeness (QED) is 0.798. The number of nitriles is 1. The Morgan fingerprint density at radius 3 is 2.67 bits per heavy atom. The van der Waals surface area contributed by atoms with Crippen LogP contribution in [0.1, 0.15) is 30.8 Å². The van der Waals surface area contributed by atoms with Crippen LogP contribution in [0, 0.1) is 11.3 Å². The molecule has 0 radical (unpaired) electrons. The summed E-state index contributed by atoms with van der Waals surface area (Å²) in [6.45, 7) is 4.11. The molecule has 18 heavy (non-hydrogen) atoms. The molecular weight excluding hydrogens is 248 g/mol. The Morgan fingerprint density at radius 1 is 1.28 bits per heavy atom. The third-order valence-corrected chi connectivity index (χ3v) is 2.88. The van der Waals surface area contributed by atoms with Crippen molar-refractivity contribution < 1.29 is 0 Å². The molecule has 0 bridgehead atoms. The van der Waals surface area contributed by atoms with Gasteiger partial charge in [-0.25, -0.2) is 9.67 Å². The standard InChI is InChI=1S/C13H13ClN4/c1-3-10-7-11(4-2)18(17-10)13-6-9(8-15)5-12(14)16-13/h5-7H,3-4H2,1-2H3. The number of aryl methyl sites for hydroxylation is 2. The summed E-state index contributed by atoms with van der Waals surface area (Å²) in [5.41, 5.74) is 2.55. The molecule has 0 saturated carbocycles. The molecule has 0 aliphatic carbocycles. The fourth-order valence-electron chi connectivity index (χ4n) is 1.75. The molecule has 2 aromatic rings. The topological polar surface area (TPSA) is 54.5 Å². The summed E-state index contributed by atoms with van der Waals surface area (Å²) in [4.78, 5) is 4.22. The molecule has 5 heteroatoms. The first-order chi connectivity index (χ1) is 8.67. The van der Waals surface area contributed by atoms with Crippen LogP contribution in [0.4, 0.5) is 0 Å². The number of aromatic nitrogens is 3. The molecule has 0 aliphatic rings. The zero-order chi connectivity index (χ0) is 13.1. The molecule has 0 amide bonds. The largest absolute Gasteiger partial charge is 0.219 e. The van der Waals surface area contributed by atoms with Crippen LogP contribution < -0.4 is 0 Å². The molecule has 0 aromatic carbocycles. The average Bonchev–Trinajstić information content (AvgIpc) is 2.81. The van der Waals surface area contributed by atoms with Gasteiger partial charge in [0.15, 0.2) is 5.82 Å². The van der Waals surface area contributed by atoms with Crippen molar-refractivity contribution in [2.75, 3.05) is 0 Å². The van der Waals surface area contributed by atoms with Gasteiger partial charge in [0.1, 0.15) is 5.15 Å². The van der Waals surface area contributed by atoms with Crippen LogP contribution in [-0.4, -0.2) is 14.8 Å². The smallest absolute Gasteiger partial charge is 0.156 e. The molecule has 0 N–H and O–H groups in total. The first kappa shape index (κ1) is 12.6. The zero-order valence-electron chi connectivity index (χ0n) is 10.3.